The Kier molecular flexibility index (Phi) is 4.36. The molecule has 0 bridgehead atoms. The maximum Gasteiger partial charge on any atom is 0.231 e. The molecule has 2 heterocycles. The fourth-order valence-corrected chi connectivity index (χ4v) is 2.51. The van der Waals surface area contributed by atoms with Crippen molar-refractivity contribution < 1.29 is 9.47 Å². The zero-order chi connectivity index (χ0) is 14.5. The number of pyridine rings is 1. The van der Waals surface area contributed by atoms with Crippen LogP contribution in [-0.4, -0.2) is 18.3 Å². The molecule has 1 aromatic heterocycles. The molecule has 1 atom stereocenters. The summed E-state index contributed by atoms with van der Waals surface area (Å²) >= 11 is 0. The Labute approximate surface area is 125 Å². The van der Waals surface area contributed by atoms with Gasteiger partial charge < -0.3 is 14.8 Å². The Balaban J connectivity index is 1.81. The molecule has 0 fully saturated rings. The standard InChI is InChI=1S/C17H20N2O2/c1-2-7-19-15(10-13-5-8-18-9-6-13)14-3-4-16-17(11-14)21-12-20-16/h3-6,8-9,11,15,19H,2,7,10,12H2,1H3. The zero-order valence-corrected chi connectivity index (χ0v) is 12.2. The van der Waals surface area contributed by atoms with Crippen molar-refractivity contribution in [3.8, 4) is 11.5 Å². The largest absolute Gasteiger partial charge is 0.454 e. The van der Waals surface area contributed by atoms with Crippen molar-refractivity contribution in [1.29, 1.82) is 0 Å². The van der Waals surface area contributed by atoms with E-state index in [1.807, 2.05) is 18.5 Å². The Morgan fingerprint density at radius 3 is 2.76 bits per heavy atom. The van der Waals surface area contributed by atoms with Gasteiger partial charge in [0.2, 0.25) is 6.79 Å². The molecule has 1 aromatic carbocycles. The molecule has 1 aliphatic heterocycles. The summed E-state index contributed by atoms with van der Waals surface area (Å²) in [5.74, 6) is 1.67. The van der Waals surface area contributed by atoms with Crippen molar-refractivity contribution in [2.75, 3.05) is 13.3 Å². The highest BCUT2D eigenvalue weighted by Gasteiger charge is 2.18. The first kappa shape index (κ1) is 13.9. The van der Waals surface area contributed by atoms with E-state index in [-0.39, 0.29) is 6.04 Å². The van der Waals surface area contributed by atoms with Gasteiger partial charge in [-0.15, -0.1) is 0 Å². The molecule has 0 saturated carbocycles. The number of ether oxygens (including phenoxy) is 2. The van der Waals surface area contributed by atoms with Crippen LogP contribution in [0.1, 0.15) is 30.5 Å². The molecule has 21 heavy (non-hydrogen) atoms. The maximum absolute atomic E-state index is 5.48. The molecule has 110 valence electrons. The number of hydrogen-bond acceptors (Lipinski definition) is 4. The molecule has 4 nitrogen and oxygen atoms in total. The van der Waals surface area contributed by atoms with Crippen LogP contribution >= 0.6 is 0 Å². The van der Waals surface area contributed by atoms with Crippen LogP contribution in [0.5, 0.6) is 11.5 Å². The topological polar surface area (TPSA) is 43.4 Å². The van der Waals surface area contributed by atoms with Crippen molar-refractivity contribution in [1.82, 2.24) is 10.3 Å². The van der Waals surface area contributed by atoms with Gasteiger partial charge in [-0.25, -0.2) is 0 Å². The van der Waals surface area contributed by atoms with Gasteiger partial charge in [0.1, 0.15) is 0 Å². The lowest BCUT2D eigenvalue weighted by Crippen LogP contribution is -2.24. The Morgan fingerprint density at radius 2 is 1.95 bits per heavy atom. The fraction of sp³-hybridized carbons (Fsp3) is 0.353. The van der Waals surface area contributed by atoms with E-state index in [2.05, 4.69) is 41.5 Å². The van der Waals surface area contributed by atoms with Gasteiger partial charge >= 0.3 is 0 Å². The first-order valence-corrected chi connectivity index (χ1v) is 7.38. The summed E-state index contributed by atoms with van der Waals surface area (Å²) in [6.07, 6.45) is 5.72. The molecule has 0 amide bonds. The maximum atomic E-state index is 5.48. The summed E-state index contributed by atoms with van der Waals surface area (Å²) in [6, 6.07) is 10.6. The minimum atomic E-state index is 0.266. The fourth-order valence-electron chi connectivity index (χ4n) is 2.51. The minimum absolute atomic E-state index is 0.266. The Morgan fingerprint density at radius 1 is 1.14 bits per heavy atom. The number of nitrogens with one attached hydrogen (secondary N) is 1. The smallest absolute Gasteiger partial charge is 0.231 e. The van der Waals surface area contributed by atoms with Crippen LogP contribution in [0.3, 0.4) is 0 Å². The van der Waals surface area contributed by atoms with Crippen LogP contribution < -0.4 is 14.8 Å². The van der Waals surface area contributed by atoms with Gasteiger partial charge in [-0.1, -0.05) is 13.0 Å². The highest BCUT2D eigenvalue weighted by Crippen LogP contribution is 2.34. The van der Waals surface area contributed by atoms with E-state index in [1.54, 1.807) is 0 Å². The quantitative estimate of drug-likeness (QED) is 0.885. The van der Waals surface area contributed by atoms with Gasteiger partial charge in [-0.3, -0.25) is 4.98 Å². The van der Waals surface area contributed by atoms with E-state index >= 15 is 0 Å². The molecule has 0 aliphatic carbocycles. The van der Waals surface area contributed by atoms with Crippen LogP contribution in [0, 0.1) is 0 Å². The molecular weight excluding hydrogens is 264 g/mol. The molecule has 0 radical (unpaired) electrons. The molecule has 3 rings (SSSR count). The molecule has 2 aromatic rings. The normalized spacial score (nSPS) is 14.1. The molecule has 1 N–H and O–H groups in total. The number of hydrogen-bond donors (Lipinski definition) is 1. The first-order valence-electron chi connectivity index (χ1n) is 7.38. The molecule has 1 aliphatic rings. The van der Waals surface area contributed by atoms with Gasteiger partial charge in [0.05, 0.1) is 0 Å². The SMILES string of the molecule is CCCNC(Cc1ccncc1)c1ccc2c(c1)OCO2. The molecule has 0 saturated heterocycles. The van der Waals surface area contributed by atoms with Crippen LogP contribution in [0.15, 0.2) is 42.7 Å². The second-order valence-corrected chi connectivity index (χ2v) is 5.18. The van der Waals surface area contributed by atoms with Crippen molar-refractivity contribution in [2.45, 2.75) is 25.8 Å². The van der Waals surface area contributed by atoms with Crippen LogP contribution in [0.2, 0.25) is 0 Å². The van der Waals surface area contributed by atoms with Crippen molar-refractivity contribution in [2.24, 2.45) is 0 Å². The summed E-state index contributed by atoms with van der Waals surface area (Å²) < 4.78 is 10.9. The first-order chi connectivity index (χ1) is 10.4. The summed E-state index contributed by atoms with van der Waals surface area (Å²) in [6.45, 7) is 3.48. The summed E-state index contributed by atoms with van der Waals surface area (Å²) in [7, 11) is 0. The third-order valence-corrected chi connectivity index (χ3v) is 3.63. The molecule has 0 spiro atoms. The number of nitrogens with zero attached hydrogens (tertiary/aromatic N) is 1. The second kappa shape index (κ2) is 6.59. The Hall–Kier alpha value is -2.07. The van der Waals surface area contributed by atoms with Gasteiger partial charge in [-0.2, -0.15) is 0 Å². The third kappa shape index (κ3) is 3.34. The third-order valence-electron chi connectivity index (χ3n) is 3.63. The van der Waals surface area contributed by atoms with Crippen LogP contribution in [0.4, 0.5) is 0 Å². The number of benzene rings is 1. The highest BCUT2D eigenvalue weighted by atomic mass is 16.7. The lowest BCUT2D eigenvalue weighted by Gasteiger charge is -2.19. The molecule has 1 unspecified atom stereocenters. The van der Waals surface area contributed by atoms with E-state index in [1.165, 1.54) is 11.1 Å². The van der Waals surface area contributed by atoms with Crippen molar-refractivity contribution in [3.63, 3.8) is 0 Å². The monoisotopic (exact) mass is 284 g/mol. The van der Waals surface area contributed by atoms with Gasteiger partial charge in [-0.05, 0) is 54.8 Å². The molecular formula is C17H20N2O2. The average Bonchev–Trinajstić information content (AvgIpc) is 3.00. The van der Waals surface area contributed by atoms with Crippen molar-refractivity contribution in [3.05, 3.63) is 53.9 Å². The van der Waals surface area contributed by atoms with E-state index in [9.17, 15) is 0 Å². The predicted octanol–water partition coefficient (Wildman–Crippen LogP) is 3.09. The van der Waals surface area contributed by atoms with Crippen LogP contribution in [-0.2, 0) is 6.42 Å². The van der Waals surface area contributed by atoms with E-state index in [4.69, 9.17) is 9.47 Å². The lowest BCUT2D eigenvalue weighted by atomic mass is 9.99. The number of rotatable bonds is 6. The van der Waals surface area contributed by atoms with E-state index < -0.39 is 0 Å². The molecule has 4 heteroatoms. The summed E-state index contributed by atoms with van der Waals surface area (Å²) in [4.78, 5) is 4.08. The minimum Gasteiger partial charge on any atom is -0.454 e. The van der Waals surface area contributed by atoms with Gasteiger partial charge in [0.15, 0.2) is 11.5 Å². The zero-order valence-electron chi connectivity index (χ0n) is 12.2. The van der Waals surface area contributed by atoms with Crippen molar-refractivity contribution >= 4 is 0 Å². The Bertz CT molecular complexity index is 587. The summed E-state index contributed by atoms with van der Waals surface area (Å²) in [5, 5.41) is 3.61. The second-order valence-electron chi connectivity index (χ2n) is 5.18. The summed E-state index contributed by atoms with van der Waals surface area (Å²) in [5.41, 5.74) is 2.50. The average molecular weight is 284 g/mol. The van der Waals surface area contributed by atoms with Crippen LogP contribution in [0.25, 0.3) is 0 Å². The lowest BCUT2D eigenvalue weighted by molar-refractivity contribution is 0.174. The van der Waals surface area contributed by atoms with Gasteiger partial charge in [0, 0.05) is 18.4 Å². The highest BCUT2D eigenvalue weighted by molar-refractivity contribution is 5.45. The van der Waals surface area contributed by atoms with E-state index in [0.29, 0.717) is 6.79 Å². The van der Waals surface area contributed by atoms with E-state index in [0.717, 1.165) is 30.9 Å². The number of fused-ring (bicyclic) bond motifs is 1. The predicted molar refractivity (Wildman–Crippen MR) is 81.5 cm³/mol. The van der Waals surface area contributed by atoms with Gasteiger partial charge in [0.25, 0.3) is 0 Å². The number of aromatic nitrogens is 1.